The van der Waals surface area contributed by atoms with Crippen LogP contribution >= 0.6 is 0 Å². The zero-order valence-corrected chi connectivity index (χ0v) is 12.1. The van der Waals surface area contributed by atoms with Gasteiger partial charge in [-0.05, 0) is 60.9 Å². The molecule has 0 radical (unpaired) electrons. The fraction of sp³-hybridized carbons (Fsp3) is 0.389. The predicted molar refractivity (Wildman–Crippen MR) is 82.5 cm³/mol. The second-order valence-electron chi connectivity index (χ2n) is 5.66. The molecular formula is C18H21NO2. The second kappa shape index (κ2) is 6.72. The Bertz CT molecular complexity index is 570. The summed E-state index contributed by atoms with van der Waals surface area (Å²) in [5.41, 5.74) is 2.48. The minimum atomic E-state index is -0.269. The van der Waals surface area contributed by atoms with Crippen molar-refractivity contribution in [2.75, 3.05) is 6.61 Å². The van der Waals surface area contributed by atoms with Crippen LogP contribution in [0.4, 0.5) is 0 Å². The molecule has 0 spiro atoms. The van der Waals surface area contributed by atoms with E-state index in [-0.39, 0.29) is 6.10 Å². The van der Waals surface area contributed by atoms with Gasteiger partial charge in [-0.2, -0.15) is 0 Å². The first-order valence-electron chi connectivity index (χ1n) is 7.61. The number of para-hydroxylation sites is 1. The van der Waals surface area contributed by atoms with E-state index < -0.39 is 0 Å². The summed E-state index contributed by atoms with van der Waals surface area (Å²) in [5, 5.41) is 10.3. The first-order valence-corrected chi connectivity index (χ1v) is 7.61. The van der Waals surface area contributed by atoms with E-state index in [0.29, 0.717) is 5.92 Å². The Morgan fingerprint density at radius 3 is 2.86 bits per heavy atom. The number of hydrogen-bond donors (Lipinski definition) is 1. The molecular weight excluding hydrogens is 262 g/mol. The van der Waals surface area contributed by atoms with Crippen LogP contribution in [0.2, 0.25) is 0 Å². The summed E-state index contributed by atoms with van der Waals surface area (Å²) in [7, 11) is 0. The summed E-state index contributed by atoms with van der Waals surface area (Å²) in [6.07, 6.45) is 6.83. The molecule has 0 saturated heterocycles. The number of aryl methyl sites for hydroxylation is 1. The zero-order valence-electron chi connectivity index (χ0n) is 12.1. The average molecular weight is 283 g/mol. The third-order valence-corrected chi connectivity index (χ3v) is 4.15. The van der Waals surface area contributed by atoms with Gasteiger partial charge >= 0.3 is 0 Å². The topological polar surface area (TPSA) is 42.4 Å². The summed E-state index contributed by atoms with van der Waals surface area (Å²) in [6, 6.07) is 12.2. The van der Waals surface area contributed by atoms with Crippen molar-refractivity contribution in [2.24, 2.45) is 0 Å². The second-order valence-corrected chi connectivity index (χ2v) is 5.66. The quantitative estimate of drug-likeness (QED) is 0.915. The minimum Gasteiger partial charge on any atom is -0.493 e. The van der Waals surface area contributed by atoms with Crippen molar-refractivity contribution in [3.05, 3.63) is 59.9 Å². The third kappa shape index (κ3) is 3.61. The molecule has 0 amide bonds. The number of fused-ring (bicyclic) bond motifs is 1. The van der Waals surface area contributed by atoms with E-state index in [1.807, 2.05) is 30.3 Å². The van der Waals surface area contributed by atoms with Gasteiger partial charge in [-0.3, -0.25) is 4.98 Å². The van der Waals surface area contributed by atoms with Gasteiger partial charge in [-0.25, -0.2) is 0 Å². The van der Waals surface area contributed by atoms with Crippen LogP contribution in [0.25, 0.3) is 0 Å². The maximum absolute atomic E-state index is 10.3. The van der Waals surface area contributed by atoms with Gasteiger partial charge in [0.15, 0.2) is 0 Å². The SMILES string of the molecule is OC(CCc1ccncc1)CC1CCOc2ccccc21. The minimum absolute atomic E-state index is 0.269. The van der Waals surface area contributed by atoms with Crippen molar-refractivity contribution in [1.82, 2.24) is 4.98 Å². The molecule has 2 unspecified atom stereocenters. The summed E-state index contributed by atoms with van der Waals surface area (Å²) in [5.74, 6) is 1.39. The molecule has 1 aliphatic heterocycles. The monoisotopic (exact) mass is 283 g/mol. The fourth-order valence-electron chi connectivity index (χ4n) is 2.99. The first-order chi connectivity index (χ1) is 10.3. The van der Waals surface area contributed by atoms with E-state index in [0.717, 1.165) is 38.0 Å². The molecule has 2 aromatic rings. The Morgan fingerprint density at radius 1 is 1.19 bits per heavy atom. The van der Waals surface area contributed by atoms with Gasteiger partial charge in [-0.15, -0.1) is 0 Å². The van der Waals surface area contributed by atoms with Crippen LogP contribution in [0, 0.1) is 0 Å². The largest absolute Gasteiger partial charge is 0.493 e. The lowest BCUT2D eigenvalue weighted by molar-refractivity contribution is 0.135. The highest BCUT2D eigenvalue weighted by Gasteiger charge is 2.23. The Kier molecular flexibility index (Phi) is 4.51. The van der Waals surface area contributed by atoms with E-state index in [4.69, 9.17) is 4.74 Å². The van der Waals surface area contributed by atoms with Gasteiger partial charge in [0.2, 0.25) is 0 Å². The number of rotatable bonds is 5. The predicted octanol–water partition coefficient (Wildman–Crippen LogP) is 3.33. The van der Waals surface area contributed by atoms with Crippen LogP contribution in [-0.2, 0) is 6.42 Å². The Balaban J connectivity index is 1.57. The Labute approximate surface area is 125 Å². The van der Waals surface area contributed by atoms with Crippen molar-refractivity contribution in [3.63, 3.8) is 0 Å². The Hall–Kier alpha value is -1.87. The van der Waals surface area contributed by atoms with Crippen molar-refractivity contribution in [1.29, 1.82) is 0 Å². The van der Waals surface area contributed by atoms with Crippen LogP contribution in [-0.4, -0.2) is 22.8 Å². The van der Waals surface area contributed by atoms with E-state index in [9.17, 15) is 5.11 Å². The van der Waals surface area contributed by atoms with Crippen LogP contribution in [0.1, 0.15) is 36.3 Å². The molecule has 3 heteroatoms. The van der Waals surface area contributed by atoms with E-state index >= 15 is 0 Å². The maximum atomic E-state index is 10.3. The lowest BCUT2D eigenvalue weighted by Gasteiger charge is -2.27. The maximum Gasteiger partial charge on any atom is 0.122 e. The van der Waals surface area contributed by atoms with Gasteiger partial charge in [-0.1, -0.05) is 18.2 Å². The molecule has 1 aromatic carbocycles. The van der Waals surface area contributed by atoms with Crippen molar-refractivity contribution < 1.29 is 9.84 Å². The number of pyridine rings is 1. The van der Waals surface area contributed by atoms with E-state index in [2.05, 4.69) is 11.1 Å². The zero-order chi connectivity index (χ0) is 14.5. The molecule has 0 fully saturated rings. The van der Waals surface area contributed by atoms with E-state index in [1.54, 1.807) is 12.4 Å². The first kappa shape index (κ1) is 14.1. The standard InChI is InChI=1S/C18H21NO2/c20-16(6-5-14-7-10-19-11-8-14)13-15-9-12-21-18-4-2-1-3-17(15)18/h1-4,7-8,10-11,15-16,20H,5-6,9,12-13H2. The highest BCUT2D eigenvalue weighted by atomic mass is 16.5. The van der Waals surface area contributed by atoms with E-state index in [1.165, 1.54) is 11.1 Å². The van der Waals surface area contributed by atoms with Gasteiger partial charge < -0.3 is 9.84 Å². The highest BCUT2D eigenvalue weighted by Crippen LogP contribution is 2.36. The highest BCUT2D eigenvalue weighted by molar-refractivity contribution is 5.37. The molecule has 0 aliphatic carbocycles. The number of hydrogen-bond acceptors (Lipinski definition) is 3. The lowest BCUT2D eigenvalue weighted by atomic mass is 9.87. The van der Waals surface area contributed by atoms with Crippen molar-refractivity contribution in [3.8, 4) is 5.75 Å². The molecule has 2 heterocycles. The molecule has 21 heavy (non-hydrogen) atoms. The molecule has 2 atom stereocenters. The molecule has 1 N–H and O–H groups in total. The number of aliphatic hydroxyl groups is 1. The molecule has 1 aromatic heterocycles. The van der Waals surface area contributed by atoms with Gasteiger partial charge in [0.1, 0.15) is 5.75 Å². The average Bonchev–Trinajstić information content (AvgIpc) is 2.54. The van der Waals surface area contributed by atoms with Gasteiger partial charge in [0, 0.05) is 12.4 Å². The number of ether oxygens (including phenoxy) is 1. The smallest absolute Gasteiger partial charge is 0.122 e. The summed E-state index contributed by atoms with van der Waals surface area (Å²) in [4.78, 5) is 4.01. The number of nitrogens with zero attached hydrogens (tertiary/aromatic N) is 1. The van der Waals surface area contributed by atoms with Crippen molar-refractivity contribution >= 4 is 0 Å². The summed E-state index contributed by atoms with van der Waals surface area (Å²) >= 11 is 0. The van der Waals surface area contributed by atoms with Crippen LogP contribution < -0.4 is 4.74 Å². The molecule has 3 rings (SSSR count). The van der Waals surface area contributed by atoms with Gasteiger partial charge in [0.25, 0.3) is 0 Å². The molecule has 1 aliphatic rings. The molecule has 0 saturated carbocycles. The molecule has 110 valence electrons. The fourth-order valence-corrected chi connectivity index (χ4v) is 2.99. The molecule has 3 nitrogen and oxygen atoms in total. The number of aromatic nitrogens is 1. The van der Waals surface area contributed by atoms with Crippen molar-refractivity contribution in [2.45, 2.75) is 37.7 Å². The Morgan fingerprint density at radius 2 is 2.00 bits per heavy atom. The number of benzene rings is 1. The third-order valence-electron chi connectivity index (χ3n) is 4.15. The van der Waals surface area contributed by atoms with Crippen LogP contribution in [0.3, 0.4) is 0 Å². The normalized spacial score (nSPS) is 18.6. The lowest BCUT2D eigenvalue weighted by Crippen LogP contribution is -2.19. The van der Waals surface area contributed by atoms with Crippen LogP contribution in [0.15, 0.2) is 48.8 Å². The van der Waals surface area contributed by atoms with Crippen LogP contribution in [0.5, 0.6) is 5.75 Å². The van der Waals surface area contributed by atoms with Gasteiger partial charge in [0.05, 0.1) is 12.7 Å². The summed E-state index contributed by atoms with van der Waals surface area (Å²) in [6.45, 7) is 0.749. The summed E-state index contributed by atoms with van der Waals surface area (Å²) < 4.78 is 5.68. The molecule has 0 bridgehead atoms. The number of aliphatic hydroxyl groups excluding tert-OH is 1.